The number of nitrogens with two attached hydrogens (primary N) is 1. The summed E-state index contributed by atoms with van der Waals surface area (Å²) in [6, 6.07) is 3.30. The zero-order valence-corrected chi connectivity index (χ0v) is 26.5. The van der Waals surface area contributed by atoms with Crippen LogP contribution in [-0.2, 0) is 14.3 Å². The third-order valence-electron chi connectivity index (χ3n) is 8.25. The van der Waals surface area contributed by atoms with Crippen molar-refractivity contribution in [2.24, 2.45) is 23.5 Å². The molecule has 1 amide bonds. The van der Waals surface area contributed by atoms with Crippen molar-refractivity contribution < 1.29 is 32.6 Å². The van der Waals surface area contributed by atoms with Crippen molar-refractivity contribution in [2.75, 3.05) is 31.1 Å². The van der Waals surface area contributed by atoms with Gasteiger partial charge in [-0.2, -0.15) is 0 Å². The maximum Gasteiger partial charge on any atom is 0.410 e. The zero-order chi connectivity index (χ0) is 32.2. The number of ether oxygens (including phenoxy) is 3. The van der Waals surface area contributed by atoms with Gasteiger partial charge in [-0.1, -0.05) is 13.0 Å². The number of hydrogen-bond acceptors (Lipinski definition) is 9. The Bertz CT molecular complexity index is 1280. The van der Waals surface area contributed by atoms with Crippen LogP contribution in [0.1, 0.15) is 72.3 Å². The summed E-state index contributed by atoms with van der Waals surface area (Å²) >= 11 is 0. The number of amides is 1. The molecule has 242 valence electrons. The third-order valence-corrected chi connectivity index (χ3v) is 8.25. The van der Waals surface area contributed by atoms with Gasteiger partial charge in [0.05, 0.1) is 37.2 Å². The van der Waals surface area contributed by atoms with E-state index < -0.39 is 41.2 Å². The van der Waals surface area contributed by atoms with E-state index in [0.717, 1.165) is 31.4 Å². The molecule has 2 aromatic rings. The van der Waals surface area contributed by atoms with E-state index in [1.807, 2.05) is 13.8 Å². The SMILES string of the molecule is CC(C)OC(=O)N1CCC([C@H](C)CCOc2cnc(N3CC(c4ccc(F)cc4F)C(C(=O)OC(C)(C)C)C3N)nc2)CC1. The molecule has 2 fully saturated rings. The Kier molecular flexibility index (Phi) is 10.6. The van der Waals surface area contributed by atoms with Crippen LogP contribution in [-0.4, -0.2) is 71.0 Å². The second-order valence-electron chi connectivity index (χ2n) is 13.1. The molecule has 3 heterocycles. The molecule has 44 heavy (non-hydrogen) atoms. The van der Waals surface area contributed by atoms with E-state index in [1.54, 1.807) is 43.0 Å². The molecule has 12 heteroatoms. The predicted molar refractivity (Wildman–Crippen MR) is 161 cm³/mol. The molecular weight excluding hydrogens is 572 g/mol. The average Bonchev–Trinajstić information content (AvgIpc) is 3.28. The first kappa shape index (κ1) is 33.4. The summed E-state index contributed by atoms with van der Waals surface area (Å²) < 4.78 is 45.4. The second-order valence-corrected chi connectivity index (χ2v) is 13.1. The summed E-state index contributed by atoms with van der Waals surface area (Å²) in [7, 11) is 0. The molecule has 2 saturated heterocycles. The third kappa shape index (κ3) is 8.34. The number of benzene rings is 1. The number of likely N-dealkylation sites (tertiary alicyclic amines) is 1. The first-order valence-corrected chi connectivity index (χ1v) is 15.3. The maximum absolute atomic E-state index is 14.9. The normalized spacial score (nSPS) is 21.8. The number of carbonyl (C=O) groups is 2. The Morgan fingerprint density at radius 3 is 2.34 bits per heavy atom. The van der Waals surface area contributed by atoms with Crippen LogP contribution in [0.3, 0.4) is 0 Å². The molecule has 4 atom stereocenters. The van der Waals surface area contributed by atoms with Crippen LogP contribution >= 0.6 is 0 Å². The topological polar surface area (TPSA) is 120 Å². The molecule has 0 aliphatic carbocycles. The molecular formula is C32H45F2N5O5. The van der Waals surface area contributed by atoms with E-state index in [4.69, 9.17) is 19.9 Å². The number of hydrogen-bond donors (Lipinski definition) is 1. The Labute approximate surface area is 258 Å². The molecule has 0 radical (unpaired) electrons. The molecule has 0 bridgehead atoms. The van der Waals surface area contributed by atoms with E-state index >= 15 is 0 Å². The number of esters is 1. The van der Waals surface area contributed by atoms with Crippen molar-refractivity contribution in [2.45, 2.75) is 84.6 Å². The monoisotopic (exact) mass is 617 g/mol. The number of nitrogens with zero attached hydrogens (tertiary/aromatic N) is 4. The van der Waals surface area contributed by atoms with Crippen LogP contribution in [0.25, 0.3) is 0 Å². The van der Waals surface area contributed by atoms with Crippen LogP contribution in [0.2, 0.25) is 0 Å². The van der Waals surface area contributed by atoms with Gasteiger partial charge in [0.1, 0.15) is 17.2 Å². The lowest BCUT2D eigenvalue weighted by Crippen LogP contribution is -2.45. The molecule has 3 unspecified atom stereocenters. The van der Waals surface area contributed by atoms with Gasteiger partial charge < -0.3 is 29.7 Å². The van der Waals surface area contributed by atoms with E-state index in [-0.39, 0.29) is 30.3 Å². The number of halogens is 2. The molecule has 2 N–H and O–H groups in total. The summed E-state index contributed by atoms with van der Waals surface area (Å²) in [5.74, 6) is -2.00. The van der Waals surface area contributed by atoms with Gasteiger partial charge in [0.25, 0.3) is 0 Å². The minimum Gasteiger partial charge on any atom is -0.490 e. The zero-order valence-electron chi connectivity index (χ0n) is 26.5. The van der Waals surface area contributed by atoms with Gasteiger partial charge >= 0.3 is 12.1 Å². The number of piperidine rings is 1. The molecule has 10 nitrogen and oxygen atoms in total. The Morgan fingerprint density at radius 2 is 1.75 bits per heavy atom. The van der Waals surface area contributed by atoms with Crippen LogP contribution in [0, 0.1) is 29.4 Å². The lowest BCUT2D eigenvalue weighted by atomic mass is 9.84. The molecule has 0 saturated carbocycles. The van der Waals surface area contributed by atoms with E-state index in [1.165, 1.54) is 6.07 Å². The van der Waals surface area contributed by atoms with Crippen molar-refractivity contribution in [3.8, 4) is 5.75 Å². The van der Waals surface area contributed by atoms with Gasteiger partial charge in [0, 0.05) is 31.6 Å². The van der Waals surface area contributed by atoms with Crippen molar-refractivity contribution >= 4 is 18.0 Å². The fourth-order valence-electron chi connectivity index (χ4n) is 5.92. The van der Waals surface area contributed by atoms with Gasteiger partial charge in [0.2, 0.25) is 5.95 Å². The minimum atomic E-state index is -0.928. The van der Waals surface area contributed by atoms with Gasteiger partial charge in [0.15, 0.2) is 5.75 Å². The average molecular weight is 618 g/mol. The number of carbonyl (C=O) groups excluding carboxylic acids is 2. The summed E-state index contributed by atoms with van der Waals surface area (Å²) in [6.45, 7) is 13.1. The largest absolute Gasteiger partial charge is 0.490 e. The molecule has 4 rings (SSSR count). The van der Waals surface area contributed by atoms with Crippen molar-refractivity contribution in [3.05, 3.63) is 47.8 Å². The fraction of sp³-hybridized carbons (Fsp3) is 0.625. The standard InChI is InChI=1S/C32H45F2N5O5/c1-19(2)43-31(41)38-12-9-21(10-13-38)20(3)11-14-42-23-16-36-30(37-17-23)39-18-25(24-8-7-22(33)15-26(24)34)27(28(39)35)29(40)44-32(4,5)6/h7-8,15-17,19-21,25,27-28H,9-14,18,35H2,1-6H3/t20-,25?,27?,28?/m1/s1. The minimum absolute atomic E-state index is 0.126. The summed E-state index contributed by atoms with van der Waals surface area (Å²) in [4.78, 5) is 37.7. The smallest absolute Gasteiger partial charge is 0.410 e. The van der Waals surface area contributed by atoms with Crippen molar-refractivity contribution in [1.29, 1.82) is 0 Å². The Hall–Kier alpha value is -3.54. The lowest BCUT2D eigenvalue weighted by molar-refractivity contribution is -0.160. The molecule has 0 spiro atoms. The Morgan fingerprint density at radius 1 is 1.09 bits per heavy atom. The van der Waals surface area contributed by atoms with Crippen LogP contribution in [0.15, 0.2) is 30.6 Å². The van der Waals surface area contributed by atoms with Crippen molar-refractivity contribution in [3.63, 3.8) is 0 Å². The lowest BCUT2D eigenvalue weighted by Gasteiger charge is -2.34. The number of rotatable bonds is 9. The molecule has 2 aliphatic rings. The van der Waals surface area contributed by atoms with E-state index in [2.05, 4.69) is 16.9 Å². The highest BCUT2D eigenvalue weighted by Gasteiger charge is 2.48. The Balaban J connectivity index is 1.35. The molecule has 1 aromatic carbocycles. The quantitative estimate of drug-likeness (QED) is 0.376. The number of anilines is 1. The molecule has 2 aliphatic heterocycles. The maximum atomic E-state index is 14.9. The highest BCUT2D eigenvalue weighted by Crippen LogP contribution is 2.40. The summed E-state index contributed by atoms with van der Waals surface area (Å²) in [5.41, 5.74) is 5.94. The van der Waals surface area contributed by atoms with E-state index in [9.17, 15) is 18.4 Å². The highest BCUT2D eigenvalue weighted by atomic mass is 19.1. The van der Waals surface area contributed by atoms with Gasteiger partial charge in [-0.05, 0) is 77.3 Å². The van der Waals surface area contributed by atoms with Crippen LogP contribution in [0.5, 0.6) is 5.75 Å². The van der Waals surface area contributed by atoms with Gasteiger partial charge in [-0.15, -0.1) is 0 Å². The predicted octanol–water partition coefficient (Wildman–Crippen LogP) is 5.26. The van der Waals surface area contributed by atoms with Crippen molar-refractivity contribution in [1.82, 2.24) is 14.9 Å². The van der Waals surface area contributed by atoms with Crippen LogP contribution < -0.4 is 15.4 Å². The first-order chi connectivity index (χ1) is 20.7. The van der Waals surface area contributed by atoms with Gasteiger partial charge in [-0.3, -0.25) is 4.79 Å². The highest BCUT2D eigenvalue weighted by molar-refractivity contribution is 5.77. The number of aromatic nitrogens is 2. The van der Waals surface area contributed by atoms with Gasteiger partial charge in [-0.25, -0.2) is 23.5 Å². The molecule has 1 aromatic heterocycles. The van der Waals surface area contributed by atoms with Crippen LogP contribution in [0.4, 0.5) is 19.5 Å². The summed E-state index contributed by atoms with van der Waals surface area (Å²) in [6.07, 6.45) is 4.52. The second kappa shape index (κ2) is 14.0. The first-order valence-electron chi connectivity index (χ1n) is 15.3. The fourth-order valence-corrected chi connectivity index (χ4v) is 5.92. The van der Waals surface area contributed by atoms with E-state index in [0.29, 0.717) is 37.3 Å². The summed E-state index contributed by atoms with van der Waals surface area (Å²) in [5, 5.41) is 0.